The lowest BCUT2D eigenvalue weighted by molar-refractivity contribution is -0.384. The van der Waals surface area contributed by atoms with Crippen LogP contribution in [-0.4, -0.2) is 108 Å². The van der Waals surface area contributed by atoms with Crippen LogP contribution in [0.1, 0.15) is 118 Å². The smallest absolute Gasteiger partial charge is 0.293 e. The number of fused-ring (bicyclic) bond motifs is 2. The third-order valence-electron chi connectivity index (χ3n) is 17.0. The number of hydrogen-bond acceptors (Lipinski definition) is 14. The molecule has 3 aliphatic heterocycles. The summed E-state index contributed by atoms with van der Waals surface area (Å²) in [6.45, 7) is 13.4. The van der Waals surface area contributed by atoms with E-state index < -0.39 is 37.0 Å². The van der Waals surface area contributed by atoms with E-state index in [-0.39, 0.29) is 34.4 Å². The molecule has 4 aromatic carbocycles. The van der Waals surface area contributed by atoms with Crippen LogP contribution in [-0.2, 0) is 16.6 Å². The Kier molecular flexibility index (Phi) is 14.7. The maximum absolute atomic E-state index is 14.1. The molecular weight excluding hydrogens is 997 g/mol. The van der Waals surface area contributed by atoms with Crippen molar-refractivity contribution in [1.82, 2.24) is 24.5 Å². The molecular formula is C59H70N8O9S. The van der Waals surface area contributed by atoms with Crippen LogP contribution < -0.4 is 29.1 Å². The first-order chi connectivity index (χ1) is 37.1. The van der Waals surface area contributed by atoms with Crippen molar-refractivity contribution >= 4 is 44.0 Å². The number of hydrogen-bond donors (Lipinski definition) is 4. The monoisotopic (exact) mass is 1070 g/mol. The number of carbonyl (C=O) groups excluding carboxylic acids is 1. The van der Waals surface area contributed by atoms with Gasteiger partial charge in [-0.25, -0.2) is 18.1 Å². The Hall–Kier alpha value is -6.73. The summed E-state index contributed by atoms with van der Waals surface area (Å²) < 4.78 is 48.6. The number of nitro benzene ring substituents is 1. The highest BCUT2D eigenvalue weighted by Crippen LogP contribution is 2.54. The van der Waals surface area contributed by atoms with Crippen molar-refractivity contribution in [3.63, 3.8) is 0 Å². The van der Waals surface area contributed by atoms with Gasteiger partial charge in [-0.1, -0.05) is 50.2 Å². The van der Waals surface area contributed by atoms with Crippen LogP contribution in [0, 0.1) is 21.4 Å². The van der Waals surface area contributed by atoms with Crippen LogP contribution in [0.25, 0.3) is 11.0 Å². The number of nitrogens with zero attached hydrogens (tertiary/aromatic N) is 5. The van der Waals surface area contributed by atoms with Gasteiger partial charge in [-0.2, -0.15) is 0 Å². The highest BCUT2D eigenvalue weighted by molar-refractivity contribution is 7.90. The number of nitrogens with one attached hydrogen (secondary N) is 3. The third kappa shape index (κ3) is 11.3. The van der Waals surface area contributed by atoms with Crippen LogP contribution in [0.5, 0.6) is 23.0 Å². The zero-order valence-corrected chi connectivity index (χ0v) is 45.0. The number of ether oxygens (including phenoxy) is 3. The molecule has 17 nitrogen and oxygen atoms in total. The highest BCUT2D eigenvalue weighted by Gasteiger charge is 2.50. The minimum absolute atomic E-state index is 0.0318. The first-order valence-corrected chi connectivity index (χ1v) is 28.8. The second kappa shape index (κ2) is 21.6. The first-order valence-electron chi connectivity index (χ1n) is 27.4. The van der Waals surface area contributed by atoms with Gasteiger partial charge in [-0.15, -0.1) is 0 Å². The summed E-state index contributed by atoms with van der Waals surface area (Å²) in [6, 6.07) is 28.4. The number of aliphatic hydroxyl groups is 1. The second-order valence-corrected chi connectivity index (χ2v) is 24.4. The van der Waals surface area contributed by atoms with E-state index in [0.29, 0.717) is 56.0 Å². The molecule has 5 heterocycles. The van der Waals surface area contributed by atoms with Gasteiger partial charge in [0, 0.05) is 99.3 Å². The Bertz CT molecular complexity index is 3250. The minimum atomic E-state index is -4.59. The molecule has 11 rings (SSSR count). The number of rotatable bonds is 15. The molecule has 6 aromatic rings. The van der Waals surface area contributed by atoms with Gasteiger partial charge in [0.25, 0.3) is 21.6 Å². The molecule has 406 valence electrons. The van der Waals surface area contributed by atoms with Gasteiger partial charge in [0.1, 0.15) is 22.8 Å². The summed E-state index contributed by atoms with van der Waals surface area (Å²) in [5.74, 6) is 1.86. The normalized spacial score (nSPS) is 22.1. The number of pyridine rings is 1. The van der Waals surface area contributed by atoms with E-state index in [9.17, 15) is 28.4 Å². The second-order valence-electron chi connectivity index (χ2n) is 22.7. The Balaban J connectivity index is 0.780. The molecule has 2 saturated carbocycles. The summed E-state index contributed by atoms with van der Waals surface area (Å²) in [4.78, 5) is 40.6. The Labute approximate surface area is 450 Å². The van der Waals surface area contributed by atoms with Crippen molar-refractivity contribution in [2.45, 2.75) is 114 Å². The Morgan fingerprint density at radius 3 is 2.53 bits per heavy atom. The van der Waals surface area contributed by atoms with Crippen molar-refractivity contribution in [1.29, 1.82) is 0 Å². The fourth-order valence-electron chi connectivity index (χ4n) is 12.5. The summed E-state index contributed by atoms with van der Waals surface area (Å²) in [7, 11) is -4.59. The van der Waals surface area contributed by atoms with Gasteiger partial charge >= 0.3 is 0 Å². The maximum atomic E-state index is 14.1. The number of aromatic amines is 1. The first kappa shape index (κ1) is 52.3. The lowest BCUT2D eigenvalue weighted by Crippen LogP contribution is -2.60. The van der Waals surface area contributed by atoms with Gasteiger partial charge in [-0.3, -0.25) is 24.7 Å². The van der Waals surface area contributed by atoms with Crippen molar-refractivity contribution in [2.75, 3.05) is 62.7 Å². The predicted octanol–water partition coefficient (Wildman–Crippen LogP) is 10.3. The van der Waals surface area contributed by atoms with Gasteiger partial charge in [0.2, 0.25) is 0 Å². The lowest BCUT2D eigenvalue weighted by atomic mass is 9.59. The molecule has 1 unspecified atom stereocenters. The Morgan fingerprint density at radius 2 is 1.74 bits per heavy atom. The molecule has 2 saturated heterocycles. The topological polar surface area (TPSA) is 205 Å². The van der Waals surface area contributed by atoms with E-state index in [1.807, 2.05) is 25.1 Å². The fraction of sp³-hybridized carbons (Fsp3) is 0.458. The quantitative estimate of drug-likeness (QED) is 0.0558. The molecule has 2 aliphatic carbocycles. The number of piperidine rings is 1. The number of para-hydroxylation sites is 1. The highest BCUT2D eigenvalue weighted by atomic mass is 32.2. The van der Waals surface area contributed by atoms with Crippen LogP contribution in [0.15, 0.2) is 108 Å². The molecule has 2 aromatic heterocycles. The van der Waals surface area contributed by atoms with Gasteiger partial charge in [0.05, 0.1) is 40.4 Å². The minimum Gasteiger partial charge on any atom is -0.490 e. The van der Waals surface area contributed by atoms with E-state index in [1.54, 1.807) is 30.6 Å². The van der Waals surface area contributed by atoms with Crippen LogP contribution in [0.4, 0.5) is 17.1 Å². The number of benzene rings is 4. The van der Waals surface area contributed by atoms with Gasteiger partial charge in [-0.05, 0) is 129 Å². The number of aromatic nitrogens is 2. The zero-order chi connectivity index (χ0) is 53.5. The van der Waals surface area contributed by atoms with Crippen LogP contribution in [0.2, 0.25) is 0 Å². The number of anilines is 2. The maximum Gasteiger partial charge on any atom is 0.293 e. The number of carbonyl (C=O) groups is 1. The molecule has 5 aliphatic rings. The molecule has 0 bridgehead atoms. The average Bonchev–Trinajstić information content (AvgIpc) is 3.76. The standard InChI is InChI=1S/C59H70N8O9S/c1-39(2)47-9-4-5-10-48(47)52-38-64(37-42-8-6-11-53-55(42)75-29-7-28-74-53)26-27-66(52)44-33-59(34-44)21-24-65(25-22-59)43-12-14-49(54(31-43)76-45-30-41-18-23-60-56(41)62-36-45)57(68)63-77(72,73)46-13-15-50(51(32-46)67(70)71)61-35-40-16-19-58(3,69)20-17-40/h4-6,8-15,18,23,30-32,36,39-40,44,52,61,69H,7,16-17,19-22,24-29,33-35,37-38H2,1-3H3,(H,60,62)(H,63,68)/t40-,52?,58-. The number of H-pyrrole nitrogens is 1. The summed E-state index contributed by atoms with van der Waals surface area (Å²) in [5.41, 5.74) is 4.70. The molecule has 4 fully saturated rings. The largest absolute Gasteiger partial charge is 0.490 e. The van der Waals surface area contributed by atoms with Crippen molar-refractivity contribution < 1.29 is 37.5 Å². The van der Waals surface area contributed by atoms with Crippen LogP contribution in [0.3, 0.4) is 0 Å². The molecule has 77 heavy (non-hydrogen) atoms. The lowest BCUT2D eigenvalue weighted by Gasteiger charge is -2.58. The molecule has 18 heteroatoms. The van der Waals surface area contributed by atoms with E-state index in [0.717, 1.165) is 113 Å². The van der Waals surface area contributed by atoms with E-state index >= 15 is 0 Å². The molecule has 0 radical (unpaired) electrons. The van der Waals surface area contributed by atoms with E-state index in [2.05, 4.69) is 85.0 Å². The summed E-state index contributed by atoms with van der Waals surface area (Å²) >= 11 is 0. The van der Waals surface area contributed by atoms with E-state index in [4.69, 9.17) is 14.2 Å². The average molecular weight is 1070 g/mol. The molecule has 1 amide bonds. The number of sulfonamides is 1. The molecule has 4 N–H and O–H groups in total. The summed E-state index contributed by atoms with van der Waals surface area (Å²) in [5, 5.41) is 26.5. The van der Waals surface area contributed by atoms with Crippen LogP contribution >= 0.6 is 0 Å². The third-order valence-corrected chi connectivity index (χ3v) is 18.3. The van der Waals surface area contributed by atoms with Crippen molar-refractivity contribution in [2.24, 2.45) is 11.3 Å². The molecule has 1 spiro atoms. The van der Waals surface area contributed by atoms with Gasteiger partial charge in [0.15, 0.2) is 11.5 Å². The summed E-state index contributed by atoms with van der Waals surface area (Å²) in [6.07, 6.45) is 11.2. The SMILES string of the molecule is CC(C)c1ccccc1C1CN(Cc2cccc3c2OCCCO3)CCN1C1CC2(CCN(c3ccc(C(=O)NS(=O)(=O)c4ccc(NC[C@H]5CC[C@](C)(O)CC5)c([N+](=O)[O-])c4)c(Oc4cnc5[nH]ccc5c4)c3)CC2)C1. The zero-order valence-electron chi connectivity index (χ0n) is 44.2. The fourth-order valence-corrected chi connectivity index (χ4v) is 13.5. The van der Waals surface area contributed by atoms with Gasteiger partial charge < -0.3 is 34.5 Å². The number of nitro groups is 1. The van der Waals surface area contributed by atoms with E-state index in [1.165, 1.54) is 28.8 Å². The Morgan fingerprint density at radius 1 is 0.948 bits per heavy atom. The number of piperazine rings is 1. The predicted molar refractivity (Wildman–Crippen MR) is 296 cm³/mol. The molecule has 1 atom stereocenters. The van der Waals surface area contributed by atoms with Crippen molar-refractivity contribution in [3.8, 4) is 23.0 Å². The van der Waals surface area contributed by atoms with Crippen molar-refractivity contribution in [3.05, 3.63) is 136 Å². The number of amides is 1.